The van der Waals surface area contributed by atoms with Crippen LogP contribution in [0.1, 0.15) is 44.0 Å². The lowest BCUT2D eigenvalue weighted by atomic mass is 10.1. The van der Waals surface area contributed by atoms with Crippen LogP contribution in [0.4, 0.5) is 15.0 Å². The van der Waals surface area contributed by atoms with Crippen LogP contribution in [-0.2, 0) is 0 Å². The monoisotopic (exact) mass is 445 g/mol. The Morgan fingerprint density at radius 1 is 1.31 bits per heavy atom. The molecule has 10 heteroatoms. The molecule has 1 fully saturated rings. The summed E-state index contributed by atoms with van der Waals surface area (Å²) < 4.78 is 20.0. The summed E-state index contributed by atoms with van der Waals surface area (Å²) in [5, 5.41) is 12.4. The molecule has 2 N–H and O–H groups in total. The number of rotatable bonds is 7. The average Bonchev–Trinajstić information content (AvgIpc) is 2.76. The molecule has 1 aliphatic rings. The van der Waals surface area contributed by atoms with Crippen LogP contribution >= 0.6 is 0 Å². The van der Waals surface area contributed by atoms with Gasteiger partial charge in [0.15, 0.2) is 11.6 Å². The highest BCUT2D eigenvalue weighted by Gasteiger charge is 2.25. The molecule has 0 atom stereocenters. The summed E-state index contributed by atoms with van der Waals surface area (Å²) in [7, 11) is 0. The van der Waals surface area contributed by atoms with Gasteiger partial charge >= 0.3 is 6.09 Å². The number of nitrogens with zero attached hydrogens (tertiary/aromatic N) is 4. The number of amides is 2. The van der Waals surface area contributed by atoms with Crippen molar-refractivity contribution in [2.75, 3.05) is 25.0 Å². The van der Waals surface area contributed by atoms with Gasteiger partial charge in [-0.3, -0.25) is 4.79 Å². The molecule has 1 aromatic heterocycles. The number of carbonyl (C=O) groups excluding carboxylic acids is 1. The number of aromatic nitrogens is 2. The molecule has 0 bridgehead atoms. The highest BCUT2D eigenvalue weighted by atomic mass is 19.1. The standard InChI is InChI=1S/C22H28FN5O4/c1-4-28(14(2)3)21(29)17-11-15(23)5-6-18(17)32-19-12-24-13-25-20(19)26-16-7-9-27(10-8-16)22(30)31/h5-6,11-14,16H,4,7-10H2,1-3H3,(H,30,31)(H,24,25,26). The maximum absolute atomic E-state index is 14.0. The third kappa shape index (κ3) is 5.43. The lowest BCUT2D eigenvalue weighted by Gasteiger charge is -2.31. The van der Waals surface area contributed by atoms with Gasteiger partial charge in [-0.15, -0.1) is 0 Å². The zero-order valence-electron chi connectivity index (χ0n) is 18.4. The van der Waals surface area contributed by atoms with E-state index in [0.717, 1.165) is 0 Å². The second-order valence-corrected chi connectivity index (χ2v) is 7.85. The van der Waals surface area contributed by atoms with Crippen LogP contribution in [-0.4, -0.2) is 68.6 Å². The van der Waals surface area contributed by atoms with E-state index in [4.69, 9.17) is 9.84 Å². The van der Waals surface area contributed by atoms with Crippen LogP contribution in [0, 0.1) is 5.82 Å². The fourth-order valence-electron chi connectivity index (χ4n) is 3.68. The predicted octanol–water partition coefficient (Wildman–Crippen LogP) is 3.83. The minimum absolute atomic E-state index is 0.00805. The van der Waals surface area contributed by atoms with E-state index in [1.165, 1.54) is 35.6 Å². The van der Waals surface area contributed by atoms with E-state index in [2.05, 4.69) is 15.3 Å². The normalized spacial score (nSPS) is 14.3. The van der Waals surface area contributed by atoms with Crippen molar-refractivity contribution in [2.24, 2.45) is 0 Å². The Morgan fingerprint density at radius 2 is 2.03 bits per heavy atom. The van der Waals surface area contributed by atoms with Crippen molar-refractivity contribution in [1.29, 1.82) is 0 Å². The van der Waals surface area contributed by atoms with Crippen molar-refractivity contribution >= 4 is 17.8 Å². The SMILES string of the molecule is CCN(C(=O)c1cc(F)ccc1Oc1cncnc1NC1CCN(C(=O)O)CC1)C(C)C. The number of piperidine rings is 1. The largest absolute Gasteiger partial charge is 0.465 e. The first-order valence-electron chi connectivity index (χ1n) is 10.6. The number of carboxylic acid groups (broad SMARTS) is 1. The molecule has 1 aliphatic heterocycles. The minimum Gasteiger partial charge on any atom is -0.465 e. The molecule has 1 aromatic carbocycles. The summed E-state index contributed by atoms with van der Waals surface area (Å²) in [4.78, 5) is 35.4. The van der Waals surface area contributed by atoms with E-state index in [-0.39, 0.29) is 29.3 Å². The van der Waals surface area contributed by atoms with Gasteiger partial charge in [0.25, 0.3) is 5.91 Å². The molecule has 2 aromatic rings. The number of halogens is 1. The first-order valence-corrected chi connectivity index (χ1v) is 10.6. The van der Waals surface area contributed by atoms with E-state index in [1.807, 2.05) is 20.8 Å². The summed E-state index contributed by atoms with van der Waals surface area (Å²) in [5.74, 6) is 0.0564. The van der Waals surface area contributed by atoms with Crippen molar-refractivity contribution in [3.63, 3.8) is 0 Å². The smallest absolute Gasteiger partial charge is 0.407 e. The highest BCUT2D eigenvalue weighted by Crippen LogP contribution is 2.32. The number of carbonyl (C=O) groups is 2. The van der Waals surface area contributed by atoms with E-state index in [1.54, 1.807) is 4.90 Å². The lowest BCUT2D eigenvalue weighted by molar-refractivity contribution is 0.0713. The first-order chi connectivity index (χ1) is 15.3. The third-order valence-electron chi connectivity index (χ3n) is 5.40. The van der Waals surface area contributed by atoms with Gasteiger partial charge < -0.3 is 25.0 Å². The zero-order chi connectivity index (χ0) is 23.3. The summed E-state index contributed by atoms with van der Waals surface area (Å²) in [6.07, 6.45) is 3.16. The molecule has 172 valence electrons. The Morgan fingerprint density at radius 3 is 2.66 bits per heavy atom. The number of anilines is 1. The Hall–Kier alpha value is -3.43. The fraction of sp³-hybridized carbons (Fsp3) is 0.455. The summed E-state index contributed by atoms with van der Waals surface area (Å²) in [6, 6.07) is 3.77. The molecular formula is C22H28FN5O4. The summed E-state index contributed by atoms with van der Waals surface area (Å²) >= 11 is 0. The quantitative estimate of drug-likeness (QED) is 0.667. The maximum atomic E-state index is 14.0. The van der Waals surface area contributed by atoms with Crippen LogP contribution in [0.5, 0.6) is 11.5 Å². The van der Waals surface area contributed by atoms with Crippen molar-refractivity contribution in [3.05, 3.63) is 42.1 Å². The van der Waals surface area contributed by atoms with Crippen molar-refractivity contribution < 1.29 is 23.8 Å². The van der Waals surface area contributed by atoms with Gasteiger partial charge in [0.1, 0.15) is 17.9 Å². The van der Waals surface area contributed by atoms with Gasteiger partial charge in [0, 0.05) is 31.7 Å². The lowest BCUT2D eigenvalue weighted by Crippen LogP contribution is -2.41. The van der Waals surface area contributed by atoms with Crippen LogP contribution < -0.4 is 10.1 Å². The number of nitrogens with one attached hydrogen (secondary N) is 1. The van der Waals surface area contributed by atoms with Gasteiger partial charge in [-0.25, -0.2) is 19.2 Å². The fourth-order valence-corrected chi connectivity index (χ4v) is 3.68. The average molecular weight is 445 g/mol. The molecule has 2 heterocycles. The molecule has 0 unspecified atom stereocenters. The second kappa shape index (κ2) is 10.3. The Kier molecular flexibility index (Phi) is 7.45. The number of benzene rings is 1. The minimum atomic E-state index is -0.925. The van der Waals surface area contributed by atoms with Crippen LogP contribution in [0.25, 0.3) is 0 Å². The zero-order valence-corrected chi connectivity index (χ0v) is 18.4. The number of hydrogen-bond donors (Lipinski definition) is 2. The van der Waals surface area contributed by atoms with Gasteiger partial charge in [0.05, 0.1) is 11.8 Å². The van der Waals surface area contributed by atoms with Crippen molar-refractivity contribution in [3.8, 4) is 11.5 Å². The van der Waals surface area contributed by atoms with E-state index in [9.17, 15) is 14.0 Å². The second-order valence-electron chi connectivity index (χ2n) is 7.85. The molecule has 2 amide bonds. The molecule has 0 aliphatic carbocycles. The Labute approximate surface area is 186 Å². The molecule has 32 heavy (non-hydrogen) atoms. The highest BCUT2D eigenvalue weighted by molar-refractivity contribution is 5.97. The van der Waals surface area contributed by atoms with Crippen LogP contribution in [0.3, 0.4) is 0 Å². The van der Waals surface area contributed by atoms with Gasteiger partial charge in [0.2, 0.25) is 0 Å². The van der Waals surface area contributed by atoms with E-state index < -0.39 is 11.9 Å². The molecule has 3 rings (SSSR count). The van der Waals surface area contributed by atoms with Crippen LogP contribution in [0.15, 0.2) is 30.7 Å². The topological polar surface area (TPSA) is 108 Å². The maximum Gasteiger partial charge on any atom is 0.407 e. The van der Waals surface area contributed by atoms with Gasteiger partial charge in [-0.2, -0.15) is 0 Å². The molecule has 1 saturated heterocycles. The molecule has 0 spiro atoms. The van der Waals surface area contributed by atoms with Crippen molar-refractivity contribution in [2.45, 2.75) is 45.7 Å². The van der Waals surface area contributed by atoms with E-state index in [0.29, 0.717) is 44.0 Å². The summed E-state index contributed by atoms with van der Waals surface area (Å²) in [5.41, 5.74) is 0.116. The molecule has 0 saturated carbocycles. The van der Waals surface area contributed by atoms with Gasteiger partial charge in [-0.05, 0) is 51.8 Å². The number of ether oxygens (including phenoxy) is 1. The molecule has 9 nitrogen and oxygen atoms in total. The van der Waals surface area contributed by atoms with Crippen LogP contribution in [0.2, 0.25) is 0 Å². The Bertz CT molecular complexity index is 963. The predicted molar refractivity (Wildman–Crippen MR) is 117 cm³/mol. The van der Waals surface area contributed by atoms with Crippen molar-refractivity contribution in [1.82, 2.24) is 19.8 Å². The summed E-state index contributed by atoms with van der Waals surface area (Å²) in [6.45, 7) is 6.97. The first kappa shape index (κ1) is 23.2. The Balaban J connectivity index is 1.82. The number of likely N-dealkylation sites (tertiary alicyclic amines) is 1. The molecular weight excluding hydrogens is 417 g/mol. The third-order valence-corrected chi connectivity index (χ3v) is 5.40. The van der Waals surface area contributed by atoms with Gasteiger partial charge in [-0.1, -0.05) is 0 Å². The molecule has 0 radical (unpaired) electrons. The number of hydrogen-bond acceptors (Lipinski definition) is 6. The van der Waals surface area contributed by atoms with E-state index >= 15 is 0 Å².